The fourth-order valence-corrected chi connectivity index (χ4v) is 4.98. The number of aryl methyl sites for hydroxylation is 3. The predicted molar refractivity (Wildman–Crippen MR) is 131 cm³/mol. The molecule has 4 aromatic rings. The van der Waals surface area contributed by atoms with Crippen LogP contribution in [0.25, 0.3) is 10.6 Å². The average molecular weight is 448 g/mol. The Kier molecular flexibility index (Phi) is 6.61. The number of thiophene rings is 1. The first-order valence-corrected chi connectivity index (χ1v) is 11.9. The largest absolute Gasteiger partial charge is 0.324 e. The van der Waals surface area contributed by atoms with Crippen LogP contribution in [0.5, 0.6) is 0 Å². The number of hydrogen-bond donors (Lipinski definition) is 2. The molecule has 1 atom stereocenters. The van der Waals surface area contributed by atoms with Gasteiger partial charge in [0.2, 0.25) is 5.91 Å². The van der Waals surface area contributed by atoms with Crippen LogP contribution in [0.3, 0.4) is 0 Å². The van der Waals surface area contributed by atoms with Gasteiger partial charge in [0.25, 0.3) is 0 Å². The second-order valence-electron chi connectivity index (χ2n) is 7.55. The van der Waals surface area contributed by atoms with E-state index in [4.69, 9.17) is 0 Å². The Morgan fingerprint density at radius 2 is 1.84 bits per heavy atom. The molecule has 31 heavy (non-hydrogen) atoms. The average Bonchev–Trinajstić information content (AvgIpc) is 3.41. The Balaban J connectivity index is 1.51. The van der Waals surface area contributed by atoms with Gasteiger partial charge < -0.3 is 5.32 Å². The van der Waals surface area contributed by atoms with E-state index in [9.17, 15) is 4.79 Å². The highest BCUT2D eigenvalue weighted by molar-refractivity contribution is 7.16. The van der Waals surface area contributed by atoms with E-state index in [0.29, 0.717) is 6.54 Å². The van der Waals surface area contributed by atoms with Crippen LogP contribution in [0.1, 0.15) is 32.6 Å². The number of anilines is 1. The number of hydrogen-bond acceptors (Lipinski definition) is 5. The van der Waals surface area contributed by atoms with Crippen molar-refractivity contribution in [1.82, 2.24) is 10.3 Å². The maximum absolute atomic E-state index is 13.2. The molecular formula is C25H25N3OS2. The molecule has 0 fully saturated rings. The molecule has 158 valence electrons. The zero-order valence-electron chi connectivity index (χ0n) is 17.8. The van der Waals surface area contributed by atoms with E-state index < -0.39 is 6.04 Å². The summed E-state index contributed by atoms with van der Waals surface area (Å²) in [5, 5.41) is 9.72. The lowest BCUT2D eigenvalue weighted by molar-refractivity contribution is -0.118. The van der Waals surface area contributed by atoms with E-state index in [1.165, 1.54) is 4.88 Å². The monoisotopic (exact) mass is 447 g/mol. The number of carbonyl (C=O) groups excluding carboxylic acids is 1. The number of benzene rings is 2. The highest BCUT2D eigenvalue weighted by Gasteiger charge is 2.21. The number of nitrogens with one attached hydrogen (secondary N) is 2. The Labute approximate surface area is 191 Å². The second-order valence-corrected chi connectivity index (χ2v) is 9.78. The summed E-state index contributed by atoms with van der Waals surface area (Å²) in [5.74, 6) is -0.0631. The first kappa shape index (κ1) is 21.4. The lowest BCUT2D eigenvalue weighted by Gasteiger charge is -2.19. The molecule has 0 aliphatic heterocycles. The molecule has 0 spiro atoms. The molecule has 0 aliphatic carbocycles. The van der Waals surface area contributed by atoms with Crippen LogP contribution in [0.2, 0.25) is 0 Å². The van der Waals surface area contributed by atoms with Crippen LogP contribution in [-0.2, 0) is 11.3 Å². The molecule has 0 radical (unpaired) electrons. The summed E-state index contributed by atoms with van der Waals surface area (Å²) in [4.78, 5) is 20.1. The molecule has 0 bridgehead atoms. The molecule has 2 heterocycles. The Morgan fingerprint density at radius 1 is 1.03 bits per heavy atom. The van der Waals surface area contributed by atoms with Gasteiger partial charge in [-0.2, -0.15) is 0 Å². The highest BCUT2D eigenvalue weighted by atomic mass is 32.1. The van der Waals surface area contributed by atoms with Crippen LogP contribution >= 0.6 is 22.7 Å². The Hall–Kier alpha value is -2.80. The van der Waals surface area contributed by atoms with E-state index in [-0.39, 0.29) is 5.91 Å². The third kappa shape index (κ3) is 5.28. The van der Waals surface area contributed by atoms with Crippen molar-refractivity contribution in [3.05, 3.63) is 92.6 Å². The topological polar surface area (TPSA) is 54.0 Å². The van der Waals surface area contributed by atoms with Gasteiger partial charge in [-0.1, -0.05) is 42.5 Å². The molecular weight excluding hydrogens is 422 g/mol. The minimum atomic E-state index is -0.451. The number of thiazole rings is 1. The van der Waals surface area contributed by atoms with Crippen LogP contribution in [-0.4, -0.2) is 10.9 Å². The minimum Gasteiger partial charge on any atom is -0.324 e. The van der Waals surface area contributed by atoms with Crippen LogP contribution in [0.15, 0.2) is 66.0 Å². The van der Waals surface area contributed by atoms with Crippen molar-refractivity contribution in [2.45, 2.75) is 33.4 Å². The summed E-state index contributed by atoms with van der Waals surface area (Å²) in [6.07, 6.45) is 0. The van der Waals surface area contributed by atoms with Crippen molar-refractivity contribution in [1.29, 1.82) is 0 Å². The molecule has 1 unspecified atom stereocenters. The van der Waals surface area contributed by atoms with E-state index in [1.54, 1.807) is 22.7 Å². The molecule has 1 amide bonds. The van der Waals surface area contributed by atoms with Gasteiger partial charge in [0.1, 0.15) is 6.04 Å². The summed E-state index contributed by atoms with van der Waals surface area (Å²) in [7, 11) is 0. The van der Waals surface area contributed by atoms with Crippen LogP contribution in [0.4, 0.5) is 5.69 Å². The second kappa shape index (κ2) is 9.56. The van der Waals surface area contributed by atoms with Crippen LogP contribution in [0, 0.1) is 20.8 Å². The van der Waals surface area contributed by atoms with Crippen molar-refractivity contribution < 1.29 is 4.79 Å². The van der Waals surface area contributed by atoms with Gasteiger partial charge in [0.15, 0.2) is 0 Å². The number of rotatable bonds is 7. The summed E-state index contributed by atoms with van der Waals surface area (Å²) in [6, 6.07) is 19.7. The third-order valence-electron chi connectivity index (χ3n) is 5.06. The Morgan fingerprint density at radius 3 is 2.58 bits per heavy atom. The molecule has 4 rings (SSSR count). The summed E-state index contributed by atoms with van der Waals surface area (Å²) >= 11 is 3.36. The third-order valence-corrected chi connectivity index (χ3v) is 6.94. The van der Waals surface area contributed by atoms with Crippen molar-refractivity contribution in [3.8, 4) is 10.6 Å². The molecule has 0 aliphatic rings. The number of carbonyl (C=O) groups is 1. The first-order valence-electron chi connectivity index (χ1n) is 10.2. The van der Waals surface area contributed by atoms with E-state index in [0.717, 1.165) is 38.0 Å². The summed E-state index contributed by atoms with van der Waals surface area (Å²) < 4.78 is 0. The van der Waals surface area contributed by atoms with Gasteiger partial charge in [0.05, 0.1) is 15.6 Å². The maximum atomic E-state index is 13.2. The quantitative estimate of drug-likeness (QED) is 0.351. The standard InChI is InChI=1S/C25H25N3OS2/c1-16-9-10-17(2)21(13-16)28-25(29)24(19-7-5-4-6-8-19)26-14-20-11-12-23(31-20)22-15-30-18(3)27-22/h4-13,15,24,26H,14H2,1-3H3,(H,28,29). The molecule has 2 aromatic heterocycles. The van der Waals surface area contributed by atoms with Gasteiger partial charge in [-0.15, -0.1) is 22.7 Å². The maximum Gasteiger partial charge on any atom is 0.246 e. The van der Waals surface area contributed by atoms with Gasteiger partial charge in [0, 0.05) is 22.5 Å². The van der Waals surface area contributed by atoms with Crippen LogP contribution < -0.4 is 10.6 Å². The minimum absolute atomic E-state index is 0.0631. The van der Waals surface area contributed by atoms with Gasteiger partial charge >= 0.3 is 0 Å². The Bertz CT molecular complexity index is 1180. The molecule has 2 aromatic carbocycles. The highest BCUT2D eigenvalue weighted by Crippen LogP contribution is 2.29. The van der Waals surface area contributed by atoms with E-state index in [2.05, 4.69) is 39.2 Å². The summed E-state index contributed by atoms with van der Waals surface area (Å²) in [5.41, 5.74) is 4.98. The SMILES string of the molecule is Cc1ccc(C)c(NC(=O)C(NCc2ccc(-c3csc(C)n3)s2)c2ccccc2)c1. The van der Waals surface area contributed by atoms with Gasteiger partial charge in [-0.25, -0.2) is 4.98 Å². The van der Waals surface area contributed by atoms with Crippen molar-refractivity contribution in [2.75, 3.05) is 5.32 Å². The number of nitrogens with zero attached hydrogens (tertiary/aromatic N) is 1. The smallest absolute Gasteiger partial charge is 0.246 e. The normalized spacial score (nSPS) is 12.0. The van der Waals surface area contributed by atoms with E-state index >= 15 is 0 Å². The van der Waals surface area contributed by atoms with Crippen molar-refractivity contribution in [2.24, 2.45) is 0 Å². The number of aromatic nitrogens is 1. The zero-order chi connectivity index (χ0) is 21.8. The predicted octanol–water partition coefficient (Wildman–Crippen LogP) is 6.27. The zero-order valence-corrected chi connectivity index (χ0v) is 19.4. The molecule has 6 heteroatoms. The molecule has 0 saturated heterocycles. The van der Waals surface area contributed by atoms with Crippen molar-refractivity contribution in [3.63, 3.8) is 0 Å². The lowest BCUT2D eigenvalue weighted by atomic mass is 10.1. The van der Waals surface area contributed by atoms with Gasteiger partial charge in [-0.3, -0.25) is 10.1 Å². The first-order chi connectivity index (χ1) is 15.0. The molecule has 0 saturated carbocycles. The fourth-order valence-electron chi connectivity index (χ4n) is 3.37. The van der Waals surface area contributed by atoms with Crippen molar-refractivity contribution >= 4 is 34.3 Å². The number of amides is 1. The molecule has 2 N–H and O–H groups in total. The van der Waals surface area contributed by atoms with E-state index in [1.807, 2.05) is 63.2 Å². The van der Waals surface area contributed by atoms with Gasteiger partial charge in [-0.05, 0) is 55.7 Å². The fraction of sp³-hybridized carbons (Fsp3) is 0.200. The summed E-state index contributed by atoms with van der Waals surface area (Å²) in [6.45, 7) is 6.66. The lowest BCUT2D eigenvalue weighted by Crippen LogP contribution is -2.32. The molecule has 4 nitrogen and oxygen atoms in total.